The lowest BCUT2D eigenvalue weighted by molar-refractivity contribution is -0.115. The third-order valence-corrected chi connectivity index (χ3v) is 4.58. The van der Waals surface area contributed by atoms with Gasteiger partial charge in [0, 0.05) is 0 Å². The average molecular weight is 357 g/mol. The van der Waals surface area contributed by atoms with Gasteiger partial charge in [-0.1, -0.05) is 33.8 Å². The second-order valence-corrected chi connectivity index (χ2v) is 6.53. The molecule has 3 rings (SSSR count). The van der Waals surface area contributed by atoms with Crippen molar-refractivity contribution in [1.82, 2.24) is 14.9 Å². The fourth-order valence-corrected chi connectivity index (χ4v) is 3.37. The van der Waals surface area contributed by atoms with Gasteiger partial charge in [0.05, 0.1) is 26.0 Å². The van der Waals surface area contributed by atoms with E-state index in [1.165, 1.54) is 23.3 Å². The van der Waals surface area contributed by atoms with Crippen molar-refractivity contribution in [3.05, 3.63) is 44.2 Å². The average Bonchev–Trinajstić information content (AvgIpc) is 3.06. The predicted octanol–water partition coefficient (Wildman–Crippen LogP) is 3.74. The number of carbonyl (C=O) groups excluding carboxylic acids is 1. The molecule has 9 heteroatoms. The van der Waals surface area contributed by atoms with E-state index in [0.717, 1.165) is 4.88 Å². The Morgan fingerprint density at radius 3 is 2.71 bits per heavy atom. The summed E-state index contributed by atoms with van der Waals surface area (Å²) in [6, 6.07) is 5.11. The van der Waals surface area contributed by atoms with Crippen LogP contribution in [0.4, 0.5) is 5.69 Å². The number of amides is 1. The van der Waals surface area contributed by atoms with E-state index in [0.29, 0.717) is 25.8 Å². The number of nitrogens with one attached hydrogen (secondary N) is 1. The molecule has 0 spiro atoms. The molecule has 1 aromatic heterocycles. The highest BCUT2D eigenvalue weighted by Crippen LogP contribution is 2.35. The molecule has 2 heterocycles. The van der Waals surface area contributed by atoms with E-state index in [1.807, 2.05) is 0 Å². The highest BCUT2D eigenvalue weighted by atomic mass is 35.5. The maximum Gasteiger partial charge on any atom is 0.264 e. The van der Waals surface area contributed by atoms with Crippen LogP contribution >= 0.6 is 46.5 Å². The molecule has 0 bridgehead atoms. The molecule has 1 N–H and O–H groups in total. The molecule has 0 unspecified atom stereocenters. The maximum atomic E-state index is 11.9. The summed E-state index contributed by atoms with van der Waals surface area (Å²) >= 11 is 14.5. The number of para-hydroxylation sites is 1. The quantitative estimate of drug-likeness (QED) is 0.832. The molecule has 1 fully saturated rings. The van der Waals surface area contributed by atoms with E-state index in [1.54, 1.807) is 30.5 Å². The minimum Gasteiger partial charge on any atom is -0.300 e. The lowest BCUT2D eigenvalue weighted by atomic mass is 10.3. The Morgan fingerprint density at radius 2 is 2.05 bits per heavy atom. The molecule has 0 radical (unpaired) electrons. The molecule has 0 saturated carbocycles. The van der Waals surface area contributed by atoms with Gasteiger partial charge in [-0.05, 0) is 41.5 Å². The first-order chi connectivity index (χ1) is 10.1. The van der Waals surface area contributed by atoms with E-state index >= 15 is 0 Å². The molecule has 1 aromatic carbocycles. The van der Waals surface area contributed by atoms with Gasteiger partial charge < -0.3 is 5.32 Å². The zero-order chi connectivity index (χ0) is 14.8. The van der Waals surface area contributed by atoms with Gasteiger partial charge in [-0.15, -0.1) is 5.10 Å². The molecular weight excluding hydrogens is 351 g/mol. The molecule has 0 aliphatic carbocycles. The number of hydrogen-bond donors (Lipinski definition) is 1. The van der Waals surface area contributed by atoms with Gasteiger partial charge in [0.1, 0.15) is 5.69 Å². The molecule has 1 aliphatic heterocycles. The second-order valence-electron chi connectivity index (χ2n) is 3.87. The van der Waals surface area contributed by atoms with Gasteiger partial charge in [-0.25, -0.2) is 4.99 Å². The first-order valence-electron chi connectivity index (χ1n) is 5.64. The molecule has 5 nitrogen and oxygen atoms in total. The zero-order valence-electron chi connectivity index (χ0n) is 10.2. The number of aromatic nitrogens is 2. The lowest BCUT2D eigenvalue weighted by Crippen LogP contribution is -2.19. The number of benzene rings is 1. The SMILES string of the molecule is O=C1NC(=Nc2c(Cl)cccc2Cl)SC1=Cc1cnns1. The largest absolute Gasteiger partial charge is 0.300 e. The van der Waals surface area contributed by atoms with Crippen LogP contribution in [0.1, 0.15) is 4.88 Å². The van der Waals surface area contributed by atoms with Crippen molar-refractivity contribution < 1.29 is 4.79 Å². The van der Waals surface area contributed by atoms with Gasteiger partial charge in [0.2, 0.25) is 0 Å². The van der Waals surface area contributed by atoms with E-state index in [2.05, 4.69) is 19.9 Å². The summed E-state index contributed by atoms with van der Waals surface area (Å²) in [5.74, 6) is -0.227. The summed E-state index contributed by atoms with van der Waals surface area (Å²) in [7, 11) is 0. The summed E-state index contributed by atoms with van der Waals surface area (Å²) in [4.78, 5) is 17.5. The Bertz CT molecular complexity index is 738. The second kappa shape index (κ2) is 6.15. The Morgan fingerprint density at radius 1 is 1.29 bits per heavy atom. The Balaban J connectivity index is 1.89. The Labute approximate surface area is 138 Å². The van der Waals surface area contributed by atoms with E-state index < -0.39 is 0 Å². The first kappa shape index (κ1) is 14.5. The van der Waals surface area contributed by atoms with Crippen molar-refractivity contribution in [2.45, 2.75) is 0 Å². The van der Waals surface area contributed by atoms with Crippen molar-refractivity contribution in [2.75, 3.05) is 0 Å². The third-order valence-electron chi connectivity index (χ3n) is 2.45. The van der Waals surface area contributed by atoms with Crippen LogP contribution < -0.4 is 5.32 Å². The van der Waals surface area contributed by atoms with E-state index in [4.69, 9.17) is 23.2 Å². The van der Waals surface area contributed by atoms with Crippen LogP contribution in [0.2, 0.25) is 10.0 Å². The highest BCUT2D eigenvalue weighted by Gasteiger charge is 2.24. The number of halogens is 2. The fraction of sp³-hybridized carbons (Fsp3) is 0. The van der Waals surface area contributed by atoms with Gasteiger partial charge in [0.25, 0.3) is 5.91 Å². The molecular formula is C12H6Cl2N4OS2. The van der Waals surface area contributed by atoms with Gasteiger partial charge in [-0.3, -0.25) is 4.79 Å². The van der Waals surface area contributed by atoms with Crippen molar-refractivity contribution >= 4 is 69.3 Å². The van der Waals surface area contributed by atoms with Crippen molar-refractivity contribution in [3.63, 3.8) is 0 Å². The van der Waals surface area contributed by atoms with E-state index in [-0.39, 0.29) is 5.91 Å². The third kappa shape index (κ3) is 3.26. The van der Waals surface area contributed by atoms with Crippen LogP contribution in [-0.2, 0) is 4.79 Å². The number of aliphatic imine (C=N–C) groups is 1. The maximum absolute atomic E-state index is 11.9. The van der Waals surface area contributed by atoms with Gasteiger partial charge in [-0.2, -0.15) is 0 Å². The van der Waals surface area contributed by atoms with Crippen molar-refractivity contribution in [1.29, 1.82) is 0 Å². The summed E-state index contributed by atoms with van der Waals surface area (Å²) in [6.07, 6.45) is 3.30. The molecule has 21 heavy (non-hydrogen) atoms. The van der Waals surface area contributed by atoms with Gasteiger partial charge in [0.15, 0.2) is 5.17 Å². The number of rotatable bonds is 2. The zero-order valence-corrected chi connectivity index (χ0v) is 13.4. The van der Waals surface area contributed by atoms with Gasteiger partial charge >= 0.3 is 0 Å². The number of nitrogens with zero attached hydrogens (tertiary/aromatic N) is 3. The number of amidine groups is 1. The van der Waals surface area contributed by atoms with Crippen molar-refractivity contribution in [3.8, 4) is 0 Å². The van der Waals surface area contributed by atoms with Crippen LogP contribution in [0, 0.1) is 0 Å². The molecule has 106 valence electrons. The molecule has 1 aliphatic rings. The molecule has 0 atom stereocenters. The minimum atomic E-state index is -0.227. The Hall–Kier alpha value is -1.41. The number of hydrogen-bond acceptors (Lipinski definition) is 6. The minimum absolute atomic E-state index is 0.227. The summed E-state index contributed by atoms with van der Waals surface area (Å²) in [6.45, 7) is 0. The molecule has 1 amide bonds. The topological polar surface area (TPSA) is 67.2 Å². The summed E-state index contributed by atoms with van der Waals surface area (Å²) in [5, 5.41) is 7.67. The predicted molar refractivity (Wildman–Crippen MR) is 87.2 cm³/mol. The number of thioether (sulfide) groups is 1. The van der Waals surface area contributed by atoms with E-state index in [9.17, 15) is 4.79 Å². The highest BCUT2D eigenvalue weighted by molar-refractivity contribution is 8.18. The molecule has 1 saturated heterocycles. The smallest absolute Gasteiger partial charge is 0.264 e. The molecule has 2 aromatic rings. The lowest BCUT2D eigenvalue weighted by Gasteiger charge is -2.01. The monoisotopic (exact) mass is 356 g/mol. The van der Waals surface area contributed by atoms with Crippen LogP contribution in [0.3, 0.4) is 0 Å². The van der Waals surface area contributed by atoms with Crippen LogP contribution in [0.25, 0.3) is 6.08 Å². The first-order valence-corrected chi connectivity index (χ1v) is 7.99. The number of carbonyl (C=O) groups is 1. The van der Waals surface area contributed by atoms with Crippen LogP contribution in [0.5, 0.6) is 0 Å². The van der Waals surface area contributed by atoms with Crippen LogP contribution in [0.15, 0.2) is 34.3 Å². The normalized spacial score (nSPS) is 18.5. The van der Waals surface area contributed by atoms with Crippen LogP contribution in [-0.4, -0.2) is 20.7 Å². The summed E-state index contributed by atoms with van der Waals surface area (Å²) in [5.41, 5.74) is 0.435. The standard InChI is InChI=1S/C12H6Cl2N4OS2/c13-7-2-1-3-8(14)10(7)16-12-17-11(19)9(20-12)4-6-5-15-18-21-6/h1-5H,(H,16,17,19). The summed E-state index contributed by atoms with van der Waals surface area (Å²) < 4.78 is 3.74. The fourth-order valence-electron chi connectivity index (χ4n) is 1.55. The Kier molecular flexibility index (Phi) is 4.25. The van der Waals surface area contributed by atoms with Crippen molar-refractivity contribution in [2.24, 2.45) is 4.99 Å².